The molecule has 134 valence electrons. The lowest BCUT2D eigenvalue weighted by Gasteiger charge is -2.19. The van der Waals surface area contributed by atoms with Gasteiger partial charge in [0.05, 0.1) is 4.47 Å². The SMILES string of the molecule is Fc1ccc(C(c2ccc(F)cc2)n2cc(Br)c(-c3ccncc3)n2)cc1. The highest BCUT2D eigenvalue weighted by Gasteiger charge is 2.20. The third-order valence-corrected chi connectivity index (χ3v) is 4.86. The minimum Gasteiger partial charge on any atom is -0.265 e. The van der Waals surface area contributed by atoms with Gasteiger partial charge in [-0.3, -0.25) is 9.67 Å². The van der Waals surface area contributed by atoms with E-state index in [4.69, 9.17) is 5.10 Å². The number of rotatable bonds is 4. The summed E-state index contributed by atoms with van der Waals surface area (Å²) < 4.78 is 29.4. The summed E-state index contributed by atoms with van der Waals surface area (Å²) in [6.45, 7) is 0. The molecule has 0 aliphatic heterocycles. The van der Waals surface area contributed by atoms with Crippen LogP contribution in [-0.4, -0.2) is 14.8 Å². The van der Waals surface area contributed by atoms with Crippen LogP contribution in [0.4, 0.5) is 8.78 Å². The monoisotopic (exact) mass is 425 g/mol. The second-order valence-corrected chi connectivity index (χ2v) is 6.90. The van der Waals surface area contributed by atoms with Crippen molar-refractivity contribution in [1.82, 2.24) is 14.8 Å². The first-order valence-electron chi connectivity index (χ1n) is 8.28. The predicted octanol–water partition coefficient (Wildman–Crippen LogP) is 5.62. The van der Waals surface area contributed by atoms with Crippen molar-refractivity contribution in [2.24, 2.45) is 0 Å². The van der Waals surface area contributed by atoms with E-state index >= 15 is 0 Å². The predicted molar refractivity (Wildman–Crippen MR) is 103 cm³/mol. The fourth-order valence-corrected chi connectivity index (χ4v) is 3.51. The molecular formula is C21H14BrF2N3. The van der Waals surface area contributed by atoms with Gasteiger partial charge >= 0.3 is 0 Å². The van der Waals surface area contributed by atoms with Crippen LogP contribution in [0.5, 0.6) is 0 Å². The molecule has 0 saturated carbocycles. The van der Waals surface area contributed by atoms with Crippen LogP contribution >= 0.6 is 15.9 Å². The van der Waals surface area contributed by atoms with Crippen LogP contribution in [0.3, 0.4) is 0 Å². The van der Waals surface area contributed by atoms with Crippen LogP contribution in [0.15, 0.2) is 83.7 Å². The standard InChI is InChI=1S/C21H14BrF2N3/c22-19-13-27(26-20(19)14-9-11-25-12-10-14)21(15-1-5-17(23)6-2-15)16-3-7-18(24)8-4-16/h1-13,21H. The molecule has 0 bridgehead atoms. The molecule has 0 aliphatic rings. The van der Waals surface area contributed by atoms with Crippen molar-refractivity contribution in [2.45, 2.75) is 6.04 Å². The first kappa shape index (κ1) is 17.5. The second-order valence-electron chi connectivity index (χ2n) is 6.05. The van der Waals surface area contributed by atoms with Crippen LogP contribution in [-0.2, 0) is 0 Å². The molecule has 4 aromatic rings. The number of halogens is 3. The van der Waals surface area contributed by atoms with E-state index in [1.54, 1.807) is 41.3 Å². The number of hydrogen-bond acceptors (Lipinski definition) is 2. The van der Waals surface area contributed by atoms with E-state index in [0.717, 1.165) is 26.9 Å². The highest BCUT2D eigenvalue weighted by atomic mass is 79.9. The van der Waals surface area contributed by atoms with Gasteiger partial charge in [-0.05, 0) is 63.5 Å². The summed E-state index contributed by atoms with van der Waals surface area (Å²) in [5.74, 6) is -0.619. The molecule has 27 heavy (non-hydrogen) atoms. The lowest BCUT2D eigenvalue weighted by molar-refractivity contribution is 0.586. The van der Waals surface area contributed by atoms with Crippen molar-refractivity contribution in [3.05, 3.63) is 106 Å². The Labute approximate surface area is 163 Å². The van der Waals surface area contributed by atoms with Crippen molar-refractivity contribution < 1.29 is 8.78 Å². The topological polar surface area (TPSA) is 30.7 Å². The summed E-state index contributed by atoms with van der Waals surface area (Å²) in [7, 11) is 0. The highest BCUT2D eigenvalue weighted by Crippen LogP contribution is 2.32. The Morgan fingerprint density at radius 2 is 1.30 bits per heavy atom. The maximum atomic E-state index is 13.4. The Morgan fingerprint density at radius 3 is 1.81 bits per heavy atom. The first-order valence-corrected chi connectivity index (χ1v) is 9.07. The number of hydrogen-bond donors (Lipinski definition) is 0. The van der Waals surface area contributed by atoms with Crippen molar-refractivity contribution in [3.63, 3.8) is 0 Å². The molecule has 3 nitrogen and oxygen atoms in total. The van der Waals surface area contributed by atoms with Crippen LogP contribution in [0, 0.1) is 11.6 Å². The normalized spacial score (nSPS) is 11.1. The lowest BCUT2D eigenvalue weighted by Crippen LogP contribution is -2.13. The van der Waals surface area contributed by atoms with E-state index in [0.29, 0.717) is 0 Å². The minimum absolute atomic E-state index is 0.310. The smallest absolute Gasteiger partial charge is 0.123 e. The third-order valence-electron chi connectivity index (χ3n) is 4.28. The molecule has 2 aromatic carbocycles. The Bertz CT molecular complexity index is 1000. The summed E-state index contributed by atoms with van der Waals surface area (Å²) in [6, 6.07) is 15.9. The maximum absolute atomic E-state index is 13.4. The minimum atomic E-state index is -0.321. The fraction of sp³-hybridized carbons (Fsp3) is 0.0476. The molecule has 0 radical (unpaired) electrons. The molecule has 4 rings (SSSR count). The second kappa shape index (κ2) is 7.40. The molecular weight excluding hydrogens is 412 g/mol. The zero-order valence-electron chi connectivity index (χ0n) is 14.1. The number of nitrogens with zero attached hydrogens (tertiary/aromatic N) is 3. The molecule has 0 aliphatic carbocycles. The largest absolute Gasteiger partial charge is 0.265 e. The van der Waals surface area contributed by atoms with Gasteiger partial charge in [-0.2, -0.15) is 5.10 Å². The van der Waals surface area contributed by atoms with Gasteiger partial charge in [0.2, 0.25) is 0 Å². The molecule has 0 N–H and O–H groups in total. The summed E-state index contributed by atoms with van der Waals surface area (Å²) >= 11 is 3.57. The third kappa shape index (κ3) is 3.66. The van der Waals surface area contributed by atoms with Gasteiger partial charge in [0.25, 0.3) is 0 Å². The maximum Gasteiger partial charge on any atom is 0.123 e. The zero-order valence-corrected chi connectivity index (χ0v) is 15.6. The molecule has 0 atom stereocenters. The van der Waals surface area contributed by atoms with Crippen molar-refractivity contribution in [3.8, 4) is 11.3 Å². The number of benzene rings is 2. The van der Waals surface area contributed by atoms with E-state index in [-0.39, 0.29) is 17.7 Å². The Hall–Kier alpha value is -2.86. The van der Waals surface area contributed by atoms with E-state index in [1.807, 2.05) is 18.3 Å². The van der Waals surface area contributed by atoms with Gasteiger partial charge in [-0.15, -0.1) is 0 Å². The molecule has 0 amide bonds. The highest BCUT2D eigenvalue weighted by molar-refractivity contribution is 9.10. The average molecular weight is 426 g/mol. The van der Waals surface area contributed by atoms with Crippen molar-refractivity contribution in [1.29, 1.82) is 0 Å². The van der Waals surface area contributed by atoms with E-state index in [1.165, 1.54) is 24.3 Å². The fourth-order valence-electron chi connectivity index (χ4n) is 3.00. The van der Waals surface area contributed by atoms with Crippen molar-refractivity contribution in [2.75, 3.05) is 0 Å². The average Bonchev–Trinajstić information content (AvgIpc) is 3.07. The molecule has 0 spiro atoms. The van der Waals surface area contributed by atoms with Gasteiger partial charge in [0, 0.05) is 24.2 Å². The Balaban J connectivity index is 1.84. The summed E-state index contributed by atoms with van der Waals surface area (Å²) in [4.78, 5) is 4.03. The first-order chi connectivity index (χ1) is 13.1. The Morgan fingerprint density at radius 1 is 0.778 bits per heavy atom. The van der Waals surface area contributed by atoms with E-state index < -0.39 is 0 Å². The van der Waals surface area contributed by atoms with Crippen LogP contribution in [0.2, 0.25) is 0 Å². The lowest BCUT2D eigenvalue weighted by atomic mass is 9.99. The van der Waals surface area contributed by atoms with Gasteiger partial charge in [0.1, 0.15) is 23.4 Å². The van der Waals surface area contributed by atoms with E-state index in [9.17, 15) is 8.78 Å². The van der Waals surface area contributed by atoms with Gasteiger partial charge < -0.3 is 0 Å². The van der Waals surface area contributed by atoms with Crippen LogP contribution in [0.25, 0.3) is 11.3 Å². The number of aromatic nitrogens is 3. The number of pyridine rings is 1. The zero-order chi connectivity index (χ0) is 18.8. The van der Waals surface area contributed by atoms with Crippen LogP contribution in [0.1, 0.15) is 17.2 Å². The van der Waals surface area contributed by atoms with Crippen molar-refractivity contribution >= 4 is 15.9 Å². The molecule has 2 aromatic heterocycles. The Kier molecular flexibility index (Phi) is 4.81. The van der Waals surface area contributed by atoms with Gasteiger partial charge in [-0.25, -0.2) is 8.78 Å². The summed E-state index contributed by atoms with van der Waals surface area (Å²) in [5, 5.41) is 4.73. The van der Waals surface area contributed by atoms with Gasteiger partial charge in [-0.1, -0.05) is 24.3 Å². The summed E-state index contributed by atoms with van der Waals surface area (Å²) in [6.07, 6.45) is 5.28. The van der Waals surface area contributed by atoms with Gasteiger partial charge in [0.15, 0.2) is 0 Å². The molecule has 6 heteroatoms. The molecule has 2 heterocycles. The molecule has 0 unspecified atom stereocenters. The molecule has 0 saturated heterocycles. The quantitative estimate of drug-likeness (QED) is 0.424. The van der Waals surface area contributed by atoms with Crippen LogP contribution < -0.4 is 0 Å². The summed E-state index contributed by atoms with van der Waals surface area (Å²) in [5.41, 5.74) is 3.39. The molecule has 0 fully saturated rings. The van der Waals surface area contributed by atoms with E-state index in [2.05, 4.69) is 20.9 Å².